The maximum Gasteiger partial charge on any atom is 0.191 e. The van der Waals surface area contributed by atoms with Crippen molar-refractivity contribution in [2.45, 2.75) is 19.0 Å². The van der Waals surface area contributed by atoms with Gasteiger partial charge in [-0.15, -0.1) is 0 Å². The van der Waals surface area contributed by atoms with Gasteiger partial charge in [0.1, 0.15) is 0 Å². The first-order chi connectivity index (χ1) is 13.1. The van der Waals surface area contributed by atoms with Gasteiger partial charge in [-0.3, -0.25) is 4.99 Å². The van der Waals surface area contributed by atoms with Crippen LogP contribution in [0.25, 0.3) is 0 Å². The molecule has 27 heavy (non-hydrogen) atoms. The van der Waals surface area contributed by atoms with Gasteiger partial charge in [0.05, 0.1) is 0 Å². The number of aromatic nitrogens is 1. The lowest BCUT2D eigenvalue weighted by atomic mass is 10.2. The Bertz CT molecular complexity index is 774. The highest BCUT2D eigenvalue weighted by Gasteiger charge is 2.25. The van der Waals surface area contributed by atoms with Gasteiger partial charge in [0.15, 0.2) is 17.6 Å². The first-order valence-corrected chi connectivity index (χ1v) is 9.15. The quantitative estimate of drug-likeness (QED) is 0.624. The summed E-state index contributed by atoms with van der Waals surface area (Å²) in [5.41, 5.74) is 2.36. The molecule has 2 heterocycles. The number of rotatable bonds is 5. The van der Waals surface area contributed by atoms with E-state index in [2.05, 4.69) is 49.8 Å². The topological polar surface area (TPSA) is 55.8 Å². The molecular weight excluding hydrogens is 343 g/mol. The van der Waals surface area contributed by atoms with Crippen LogP contribution in [0.4, 0.5) is 15.9 Å². The molecule has 1 unspecified atom stereocenters. The summed E-state index contributed by atoms with van der Waals surface area (Å²) in [4.78, 5) is 12.5. The first-order valence-electron chi connectivity index (χ1n) is 9.15. The Morgan fingerprint density at radius 1 is 1.30 bits per heavy atom. The minimum atomic E-state index is -0.276. The number of anilines is 2. The largest absolute Gasteiger partial charge is 0.378 e. The van der Waals surface area contributed by atoms with Crippen LogP contribution in [0, 0.1) is 5.82 Å². The molecule has 0 spiro atoms. The summed E-state index contributed by atoms with van der Waals surface area (Å²) in [5, 5.41) is 6.77. The van der Waals surface area contributed by atoms with E-state index in [-0.39, 0.29) is 11.9 Å². The molecule has 0 aliphatic carbocycles. The molecule has 1 aliphatic heterocycles. The highest BCUT2D eigenvalue weighted by Crippen LogP contribution is 2.20. The predicted octanol–water partition coefficient (Wildman–Crippen LogP) is 2.23. The molecule has 1 fully saturated rings. The van der Waals surface area contributed by atoms with Gasteiger partial charge in [0.2, 0.25) is 0 Å². The third-order valence-electron chi connectivity index (χ3n) is 4.70. The van der Waals surface area contributed by atoms with Gasteiger partial charge in [0.25, 0.3) is 0 Å². The number of hydrogen-bond acceptors (Lipinski definition) is 4. The van der Waals surface area contributed by atoms with Gasteiger partial charge >= 0.3 is 0 Å². The number of hydrogen-bond donors (Lipinski definition) is 2. The number of aliphatic imine (C=N–C) groups is 1. The van der Waals surface area contributed by atoms with E-state index in [1.165, 1.54) is 17.3 Å². The minimum Gasteiger partial charge on any atom is -0.378 e. The lowest BCUT2D eigenvalue weighted by Gasteiger charge is -2.20. The van der Waals surface area contributed by atoms with E-state index in [4.69, 9.17) is 0 Å². The van der Waals surface area contributed by atoms with Gasteiger partial charge in [-0.1, -0.05) is 12.1 Å². The number of nitrogens with one attached hydrogen (secondary N) is 2. The molecule has 7 heteroatoms. The van der Waals surface area contributed by atoms with E-state index in [1.54, 1.807) is 19.3 Å². The number of halogens is 1. The van der Waals surface area contributed by atoms with Gasteiger partial charge < -0.3 is 20.4 Å². The van der Waals surface area contributed by atoms with Crippen molar-refractivity contribution < 1.29 is 4.39 Å². The normalized spacial score (nSPS) is 17.1. The van der Waals surface area contributed by atoms with Crippen molar-refractivity contribution in [3.8, 4) is 0 Å². The number of nitrogens with zero attached hydrogens (tertiary/aromatic N) is 4. The third kappa shape index (κ3) is 4.87. The number of pyridine rings is 1. The van der Waals surface area contributed by atoms with Gasteiger partial charge in [-0.2, -0.15) is 0 Å². The molecule has 1 aliphatic rings. The zero-order chi connectivity index (χ0) is 19.2. The summed E-state index contributed by atoms with van der Waals surface area (Å²) in [6.45, 7) is 2.17. The number of benzene rings is 1. The van der Waals surface area contributed by atoms with Crippen LogP contribution in [-0.2, 0) is 6.54 Å². The van der Waals surface area contributed by atoms with Crippen LogP contribution in [0.2, 0.25) is 0 Å². The number of guanidine groups is 1. The first kappa shape index (κ1) is 18.9. The fourth-order valence-electron chi connectivity index (χ4n) is 3.17. The van der Waals surface area contributed by atoms with Crippen molar-refractivity contribution in [2.24, 2.45) is 4.99 Å². The second kappa shape index (κ2) is 8.70. The molecule has 0 amide bonds. The smallest absolute Gasteiger partial charge is 0.191 e. The lowest BCUT2D eigenvalue weighted by molar-refractivity contribution is 0.612. The zero-order valence-corrected chi connectivity index (χ0v) is 16.1. The molecule has 3 rings (SSSR count). The zero-order valence-electron chi connectivity index (χ0n) is 16.1. The molecule has 1 aromatic heterocycles. The molecule has 0 bridgehead atoms. The molecule has 2 N–H and O–H groups in total. The SMILES string of the molecule is CN=C(NCc1ccc(N(C)C)cc1)NC1CCN(c2ncccc2F)C1. The summed E-state index contributed by atoms with van der Waals surface area (Å²) in [7, 11) is 5.82. The van der Waals surface area contributed by atoms with Crippen LogP contribution in [0.15, 0.2) is 47.6 Å². The fraction of sp³-hybridized carbons (Fsp3) is 0.400. The molecule has 2 aromatic rings. The highest BCUT2D eigenvalue weighted by atomic mass is 19.1. The van der Waals surface area contributed by atoms with Gasteiger partial charge in [-0.05, 0) is 36.2 Å². The van der Waals surface area contributed by atoms with Crippen molar-refractivity contribution >= 4 is 17.5 Å². The van der Waals surface area contributed by atoms with E-state index < -0.39 is 0 Å². The van der Waals surface area contributed by atoms with E-state index in [0.29, 0.717) is 18.9 Å². The maximum atomic E-state index is 13.9. The van der Waals surface area contributed by atoms with Crippen LogP contribution in [-0.4, -0.2) is 51.2 Å². The monoisotopic (exact) mass is 370 g/mol. The van der Waals surface area contributed by atoms with Crippen LogP contribution in [0.5, 0.6) is 0 Å². The van der Waals surface area contributed by atoms with Crippen molar-refractivity contribution in [3.63, 3.8) is 0 Å². The second-order valence-electron chi connectivity index (χ2n) is 6.87. The summed E-state index contributed by atoms with van der Waals surface area (Å²) in [6.07, 6.45) is 2.54. The van der Waals surface area contributed by atoms with Crippen molar-refractivity contribution in [1.82, 2.24) is 15.6 Å². The molecule has 1 atom stereocenters. The van der Waals surface area contributed by atoms with Crippen molar-refractivity contribution in [1.29, 1.82) is 0 Å². The highest BCUT2D eigenvalue weighted by molar-refractivity contribution is 5.80. The predicted molar refractivity (Wildman–Crippen MR) is 109 cm³/mol. The van der Waals surface area contributed by atoms with E-state index in [0.717, 1.165) is 18.9 Å². The molecule has 1 aromatic carbocycles. The Kier molecular flexibility index (Phi) is 6.11. The Labute approximate surface area is 160 Å². The second-order valence-corrected chi connectivity index (χ2v) is 6.87. The lowest BCUT2D eigenvalue weighted by Crippen LogP contribution is -2.44. The average molecular weight is 370 g/mol. The molecule has 0 saturated carbocycles. The average Bonchev–Trinajstić information content (AvgIpc) is 3.14. The molecule has 1 saturated heterocycles. The molecule has 144 valence electrons. The minimum absolute atomic E-state index is 0.203. The van der Waals surface area contributed by atoms with Crippen LogP contribution in [0.3, 0.4) is 0 Å². The Morgan fingerprint density at radius 2 is 2.07 bits per heavy atom. The van der Waals surface area contributed by atoms with Crippen molar-refractivity contribution in [3.05, 3.63) is 54.0 Å². The van der Waals surface area contributed by atoms with Gasteiger partial charge in [0, 0.05) is 58.7 Å². The van der Waals surface area contributed by atoms with Crippen molar-refractivity contribution in [2.75, 3.05) is 44.0 Å². The Balaban J connectivity index is 1.51. The van der Waals surface area contributed by atoms with E-state index >= 15 is 0 Å². The third-order valence-corrected chi connectivity index (χ3v) is 4.70. The Morgan fingerprint density at radius 3 is 2.74 bits per heavy atom. The van der Waals surface area contributed by atoms with Crippen LogP contribution < -0.4 is 20.4 Å². The summed E-state index contributed by atoms with van der Waals surface area (Å²) in [6, 6.07) is 11.7. The van der Waals surface area contributed by atoms with Crippen LogP contribution >= 0.6 is 0 Å². The van der Waals surface area contributed by atoms with E-state index in [1.807, 2.05) is 19.0 Å². The van der Waals surface area contributed by atoms with Crippen LogP contribution in [0.1, 0.15) is 12.0 Å². The molecule has 6 nitrogen and oxygen atoms in total. The maximum absolute atomic E-state index is 13.9. The molecule has 0 radical (unpaired) electrons. The summed E-state index contributed by atoms with van der Waals surface area (Å²) in [5.74, 6) is 0.896. The standard InChI is InChI=1S/C20H27FN6/c1-22-20(24-13-15-6-8-17(9-7-15)26(2)3)25-16-10-12-27(14-16)19-18(21)5-4-11-23-19/h4-9,11,16H,10,12-14H2,1-3H3,(H2,22,24,25). The fourth-order valence-corrected chi connectivity index (χ4v) is 3.17. The molecular formula is C20H27FN6. The van der Waals surface area contributed by atoms with E-state index in [9.17, 15) is 4.39 Å². The summed E-state index contributed by atoms with van der Waals surface area (Å²) >= 11 is 0. The Hall–Kier alpha value is -2.83. The van der Waals surface area contributed by atoms with Gasteiger partial charge in [-0.25, -0.2) is 9.37 Å². The summed E-state index contributed by atoms with van der Waals surface area (Å²) < 4.78 is 13.9.